The Morgan fingerprint density at radius 3 is 2.69 bits per heavy atom. The molecule has 11 heteroatoms. The van der Waals surface area contributed by atoms with Crippen LogP contribution in [0.4, 0.5) is 14.5 Å². The first-order valence-electron chi connectivity index (χ1n) is 8.30. The predicted octanol–water partition coefficient (Wildman–Crippen LogP) is 3.71. The van der Waals surface area contributed by atoms with Gasteiger partial charge in [-0.3, -0.25) is 4.79 Å². The summed E-state index contributed by atoms with van der Waals surface area (Å²) in [6, 6.07) is 13.6. The Kier molecular flexibility index (Phi) is 6.94. The fourth-order valence-corrected chi connectivity index (χ4v) is 3.73. The zero-order chi connectivity index (χ0) is 20.8. The van der Waals surface area contributed by atoms with Crippen molar-refractivity contribution in [1.82, 2.24) is 14.9 Å². The second-order valence-corrected chi connectivity index (χ2v) is 7.56. The van der Waals surface area contributed by atoms with Gasteiger partial charge in [0.2, 0.25) is 11.1 Å². The second-order valence-electron chi connectivity index (χ2n) is 5.59. The quantitative estimate of drug-likeness (QED) is 0.410. The van der Waals surface area contributed by atoms with Crippen molar-refractivity contribution in [2.45, 2.75) is 15.8 Å². The summed E-state index contributed by atoms with van der Waals surface area (Å²) >= 11 is 1.45. The van der Waals surface area contributed by atoms with Crippen molar-refractivity contribution in [3.05, 3.63) is 48.5 Å². The van der Waals surface area contributed by atoms with E-state index in [9.17, 15) is 13.6 Å². The number of nitrogens with zero attached hydrogens (tertiary/aromatic N) is 3. The van der Waals surface area contributed by atoms with Crippen LogP contribution in [0.5, 0.6) is 5.75 Å². The molecule has 0 radical (unpaired) electrons. The number of hydrogen-bond donors (Lipinski definition) is 2. The Hall–Kier alpha value is -2.79. The Bertz CT molecular complexity index is 1000. The van der Waals surface area contributed by atoms with Crippen LogP contribution in [-0.2, 0) is 4.79 Å². The van der Waals surface area contributed by atoms with E-state index in [2.05, 4.69) is 15.5 Å². The number of carbonyl (C=O) groups is 1. The number of halogens is 2. The minimum absolute atomic E-state index is 0.0189. The minimum atomic E-state index is -2.58. The Morgan fingerprint density at radius 1 is 1.21 bits per heavy atom. The summed E-state index contributed by atoms with van der Waals surface area (Å²) in [5.41, 5.74) is 0.992. The van der Waals surface area contributed by atoms with Crippen LogP contribution in [0, 0.1) is 0 Å². The maximum absolute atomic E-state index is 12.7. The maximum atomic E-state index is 12.7. The van der Waals surface area contributed by atoms with Crippen LogP contribution in [0.2, 0.25) is 0 Å². The lowest BCUT2D eigenvalue weighted by Crippen LogP contribution is -2.17. The lowest BCUT2D eigenvalue weighted by atomic mass is 10.2. The van der Waals surface area contributed by atoms with Crippen molar-refractivity contribution >= 4 is 35.1 Å². The summed E-state index contributed by atoms with van der Waals surface area (Å²) in [6.45, 7) is 0. The number of methoxy groups -OCH3 is 1. The minimum Gasteiger partial charge on any atom is -0.496 e. The maximum Gasteiger partial charge on any atom is 0.288 e. The molecule has 0 aliphatic heterocycles. The van der Waals surface area contributed by atoms with Crippen LogP contribution in [0.25, 0.3) is 11.4 Å². The van der Waals surface area contributed by atoms with E-state index in [-0.39, 0.29) is 11.7 Å². The largest absolute Gasteiger partial charge is 0.496 e. The topological polar surface area (TPSA) is 95.1 Å². The molecule has 0 fully saturated rings. The van der Waals surface area contributed by atoms with Crippen molar-refractivity contribution in [3.8, 4) is 17.1 Å². The van der Waals surface area contributed by atoms with Crippen LogP contribution in [0.3, 0.4) is 0 Å². The van der Waals surface area contributed by atoms with Crippen molar-refractivity contribution in [1.29, 1.82) is 0 Å². The van der Waals surface area contributed by atoms with Gasteiger partial charge in [0.1, 0.15) is 5.75 Å². The normalized spacial score (nSPS) is 10.9. The molecule has 3 rings (SSSR count). The van der Waals surface area contributed by atoms with Gasteiger partial charge in [0.15, 0.2) is 5.82 Å². The number of aromatic nitrogens is 3. The number of para-hydroxylation sites is 2. The van der Waals surface area contributed by atoms with Crippen molar-refractivity contribution in [2.24, 2.45) is 0 Å². The van der Waals surface area contributed by atoms with E-state index in [1.165, 1.54) is 10.7 Å². The van der Waals surface area contributed by atoms with E-state index in [0.717, 1.165) is 11.8 Å². The van der Waals surface area contributed by atoms with Crippen LogP contribution < -0.4 is 15.9 Å². The van der Waals surface area contributed by atoms with Crippen LogP contribution in [0.1, 0.15) is 0 Å². The van der Waals surface area contributed by atoms with Gasteiger partial charge in [0.05, 0.1) is 24.1 Å². The number of nitrogens with one attached hydrogen (secondary N) is 1. The molecule has 0 aliphatic rings. The fourth-order valence-electron chi connectivity index (χ4n) is 2.47. The van der Waals surface area contributed by atoms with Gasteiger partial charge in [-0.25, -0.2) is 4.68 Å². The molecule has 3 N–H and O–H groups in total. The monoisotopic (exact) mass is 437 g/mol. The molecule has 1 amide bonds. The molecule has 0 spiro atoms. The lowest BCUT2D eigenvalue weighted by molar-refractivity contribution is -0.113. The summed E-state index contributed by atoms with van der Waals surface area (Å²) in [6.07, 6.45) is 0. The van der Waals surface area contributed by atoms with Crippen molar-refractivity contribution < 1.29 is 18.3 Å². The summed E-state index contributed by atoms with van der Waals surface area (Å²) < 4.78 is 31.9. The average molecular weight is 437 g/mol. The Labute approximate surface area is 174 Å². The van der Waals surface area contributed by atoms with Gasteiger partial charge in [0, 0.05) is 4.90 Å². The molecule has 2 aromatic carbocycles. The highest BCUT2D eigenvalue weighted by atomic mass is 32.2. The Morgan fingerprint density at radius 2 is 1.93 bits per heavy atom. The van der Waals surface area contributed by atoms with E-state index in [1.54, 1.807) is 37.4 Å². The molecule has 1 heterocycles. The zero-order valence-corrected chi connectivity index (χ0v) is 16.8. The number of hydrogen-bond acceptors (Lipinski definition) is 7. The number of nitrogens with two attached hydrogens (primary N) is 1. The fraction of sp³-hybridized carbons (Fsp3) is 0.167. The highest BCUT2D eigenvalue weighted by Crippen LogP contribution is 2.32. The van der Waals surface area contributed by atoms with Gasteiger partial charge < -0.3 is 15.9 Å². The summed E-state index contributed by atoms with van der Waals surface area (Å²) in [5, 5.41) is 11.0. The molecule has 29 heavy (non-hydrogen) atoms. The number of amides is 1. The highest BCUT2D eigenvalue weighted by molar-refractivity contribution is 8.00. The third-order valence-electron chi connectivity index (χ3n) is 3.72. The van der Waals surface area contributed by atoms with E-state index < -0.39 is 5.76 Å². The molecule has 3 aromatic rings. The molecule has 0 saturated carbocycles. The van der Waals surface area contributed by atoms with Crippen LogP contribution >= 0.6 is 23.5 Å². The predicted molar refractivity (Wildman–Crippen MR) is 110 cm³/mol. The van der Waals surface area contributed by atoms with Gasteiger partial charge >= 0.3 is 0 Å². The molecule has 0 aliphatic carbocycles. The first-order chi connectivity index (χ1) is 14.0. The standard InChI is InChI=1S/C18H17F2N5O2S2/c1-27-13-8-4-2-6-11(13)16-23-24-18(25(16)21)28-10-15(26)22-12-7-3-5-9-14(12)29-17(19)20/h2-9,17H,10,21H2,1H3,(H,22,26). The van der Waals surface area contributed by atoms with E-state index >= 15 is 0 Å². The van der Waals surface area contributed by atoms with Gasteiger partial charge in [-0.1, -0.05) is 47.8 Å². The summed E-state index contributed by atoms with van der Waals surface area (Å²) in [5.74, 6) is 4.09. The molecule has 0 saturated heterocycles. The number of thioether (sulfide) groups is 2. The number of anilines is 1. The number of alkyl halides is 2. The average Bonchev–Trinajstić information content (AvgIpc) is 3.07. The van der Waals surface area contributed by atoms with Gasteiger partial charge in [-0.05, 0) is 24.3 Å². The molecule has 152 valence electrons. The summed E-state index contributed by atoms with van der Waals surface area (Å²) in [4.78, 5) is 12.6. The number of nitrogen functional groups attached to an aromatic ring is 1. The third kappa shape index (κ3) is 5.18. The van der Waals surface area contributed by atoms with Crippen LogP contribution in [0.15, 0.2) is 58.6 Å². The highest BCUT2D eigenvalue weighted by Gasteiger charge is 2.17. The van der Waals surface area contributed by atoms with Crippen molar-refractivity contribution in [3.63, 3.8) is 0 Å². The molecular formula is C18H17F2N5O2S2. The van der Waals surface area contributed by atoms with Gasteiger partial charge in [0.25, 0.3) is 5.76 Å². The summed E-state index contributed by atoms with van der Waals surface area (Å²) in [7, 11) is 1.54. The third-order valence-corrected chi connectivity index (χ3v) is 5.45. The molecule has 0 atom stereocenters. The number of ether oxygens (including phenoxy) is 1. The van der Waals surface area contributed by atoms with Crippen molar-refractivity contribution in [2.75, 3.05) is 24.0 Å². The number of carbonyl (C=O) groups excluding carboxylic acids is 1. The van der Waals surface area contributed by atoms with Crippen LogP contribution in [-0.4, -0.2) is 39.4 Å². The molecular weight excluding hydrogens is 420 g/mol. The number of benzene rings is 2. The second kappa shape index (κ2) is 9.61. The first kappa shape index (κ1) is 20.9. The first-order valence-corrected chi connectivity index (χ1v) is 10.2. The zero-order valence-electron chi connectivity index (χ0n) is 15.2. The molecule has 0 unspecified atom stereocenters. The van der Waals surface area contributed by atoms with E-state index in [1.807, 2.05) is 12.1 Å². The van der Waals surface area contributed by atoms with Gasteiger partial charge in [-0.2, -0.15) is 8.78 Å². The lowest BCUT2D eigenvalue weighted by Gasteiger charge is -2.10. The van der Waals surface area contributed by atoms with Gasteiger partial charge in [-0.15, -0.1) is 10.2 Å². The number of rotatable bonds is 8. The smallest absolute Gasteiger partial charge is 0.288 e. The van der Waals surface area contributed by atoms with E-state index in [4.69, 9.17) is 10.6 Å². The molecule has 1 aromatic heterocycles. The molecule has 7 nitrogen and oxygen atoms in total. The van der Waals surface area contributed by atoms with E-state index in [0.29, 0.717) is 44.6 Å². The molecule has 0 bridgehead atoms. The Balaban J connectivity index is 1.67. The SMILES string of the molecule is COc1ccccc1-c1nnc(SCC(=O)Nc2ccccc2SC(F)F)n1N.